The van der Waals surface area contributed by atoms with Crippen LogP contribution in [0.2, 0.25) is 0 Å². The molecule has 0 saturated heterocycles. The van der Waals surface area contributed by atoms with Gasteiger partial charge in [-0.1, -0.05) is 54.7 Å². The van der Waals surface area contributed by atoms with E-state index in [1.54, 1.807) is 0 Å². The van der Waals surface area contributed by atoms with Gasteiger partial charge in [0.15, 0.2) is 0 Å². The van der Waals surface area contributed by atoms with Crippen molar-refractivity contribution in [2.45, 2.75) is 13.5 Å². The van der Waals surface area contributed by atoms with E-state index >= 15 is 0 Å². The maximum atomic E-state index is 11.2. The summed E-state index contributed by atoms with van der Waals surface area (Å²) >= 11 is 5.58. The van der Waals surface area contributed by atoms with Crippen molar-refractivity contribution in [1.29, 1.82) is 0 Å². The van der Waals surface area contributed by atoms with Crippen LogP contribution in [0.15, 0.2) is 59.0 Å². The zero-order valence-electron chi connectivity index (χ0n) is 12.0. The van der Waals surface area contributed by atoms with E-state index in [0.29, 0.717) is 10.3 Å². The Morgan fingerprint density at radius 2 is 1.77 bits per heavy atom. The number of fused-ring (bicyclic) bond motifs is 1. The second kappa shape index (κ2) is 6.12. The van der Waals surface area contributed by atoms with Crippen molar-refractivity contribution in [3.8, 4) is 11.3 Å². The molecule has 0 aliphatic heterocycles. The molecule has 3 aromatic rings. The Bertz CT molecular complexity index is 882. The Morgan fingerprint density at radius 3 is 2.50 bits per heavy atom. The summed E-state index contributed by atoms with van der Waals surface area (Å²) in [4.78, 5) is 11.2. The van der Waals surface area contributed by atoms with Crippen molar-refractivity contribution in [2.24, 2.45) is 0 Å². The Morgan fingerprint density at radius 1 is 1.09 bits per heavy atom. The topological polar surface area (TPSA) is 39.4 Å². The molecule has 0 saturated carbocycles. The van der Waals surface area contributed by atoms with Gasteiger partial charge in [-0.3, -0.25) is 4.79 Å². The van der Waals surface area contributed by atoms with Crippen LogP contribution in [0.4, 0.5) is 0 Å². The largest absolute Gasteiger partial charge is 0.461 e. The lowest BCUT2D eigenvalue weighted by atomic mass is 10.1. The van der Waals surface area contributed by atoms with Crippen molar-refractivity contribution in [3.05, 3.63) is 64.7 Å². The number of carbonyl (C=O) groups excluding carboxylic acids is 1. The summed E-state index contributed by atoms with van der Waals surface area (Å²) in [7, 11) is 0. The molecule has 2 aromatic carbocycles. The highest BCUT2D eigenvalue weighted by Gasteiger charge is 2.14. The van der Waals surface area contributed by atoms with E-state index < -0.39 is 0 Å². The molecule has 3 nitrogen and oxygen atoms in total. The number of benzene rings is 2. The highest BCUT2D eigenvalue weighted by Crippen LogP contribution is 2.31. The maximum Gasteiger partial charge on any atom is 0.302 e. The molecular formula is C18H14O3S. The van der Waals surface area contributed by atoms with E-state index in [1.165, 1.54) is 6.92 Å². The molecule has 1 aromatic heterocycles. The molecule has 0 spiro atoms. The molecule has 0 aliphatic carbocycles. The molecule has 0 bridgehead atoms. The first-order valence-electron chi connectivity index (χ1n) is 6.90. The fraction of sp³-hybridized carbons (Fsp3) is 0.111. The molecule has 1 heterocycles. The number of hydrogen-bond donors (Lipinski definition) is 0. The van der Waals surface area contributed by atoms with Crippen molar-refractivity contribution >= 4 is 29.2 Å². The van der Waals surface area contributed by atoms with E-state index in [2.05, 4.69) is 0 Å². The average Bonchev–Trinajstić information content (AvgIpc) is 2.54. The molecular weight excluding hydrogens is 296 g/mol. The highest BCUT2D eigenvalue weighted by molar-refractivity contribution is 7.71. The number of ether oxygens (including phenoxy) is 1. The summed E-state index contributed by atoms with van der Waals surface area (Å²) in [5, 5.41) is 0.847. The number of para-hydroxylation sites is 1. The van der Waals surface area contributed by atoms with E-state index in [1.807, 2.05) is 54.6 Å². The smallest absolute Gasteiger partial charge is 0.302 e. The zero-order valence-corrected chi connectivity index (χ0v) is 12.9. The van der Waals surface area contributed by atoms with Crippen LogP contribution in [-0.2, 0) is 16.1 Å². The van der Waals surface area contributed by atoms with Gasteiger partial charge in [-0.15, -0.1) is 0 Å². The minimum atomic E-state index is -0.346. The highest BCUT2D eigenvalue weighted by atomic mass is 32.1. The van der Waals surface area contributed by atoms with Gasteiger partial charge in [0.25, 0.3) is 0 Å². The van der Waals surface area contributed by atoms with Crippen LogP contribution >= 0.6 is 12.2 Å². The van der Waals surface area contributed by atoms with Gasteiger partial charge in [-0.2, -0.15) is 0 Å². The zero-order chi connectivity index (χ0) is 15.5. The van der Waals surface area contributed by atoms with Crippen LogP contribution in [0.3, 0.4) is 0 Å². The third-order valence-corrected chi connectivity index (χ3v) is 3.81. The molecule has 0 fully saturated rings. The predicted octanol–water partition coefficient (Wildman–Crippen LogP) is 4.89. The lowest BCUT2D eigenvalue weighted by molar-refractivity contribution is -0.142. The maximum absolute atomic E-state index is 11.2. The molecule has 4 heteroatoms. The van der Waals surface area contributed by atoms with Gasteiger partial charge in [-0.05, 0) is 12.1 Å². The molecule has 3 rings (SSSR count). The minimum Gasteiger partial charge on any atom is -0.461 e. The first-order valence-corrected chi connectivity index (χ1v) is 7.31. The van der Waals surface area contributed by atoms with Gasteiger partial charge in [0.2, 0.25) is 0 Å². The molecule has 0 unspecified atom stereocenters. The summed E-state index contributed by atoms with van der Waals surface area (Å²) in [5.74, 6) is 0.298. The van der Waals surface area contributed by atoms with Crippen molar-refractivity contribution in [3.63, 3.8) is 0 Å². The van der Waals surface area contributed by atoms with Gasteiger partial charge < -0.3 is 9.15 Å². The first kappa shape index (κ1) is 14.5. The van der Waals surface area contributed by atoms with E-state index in [4.69, 9.17) is 21.4 Å². The molecule has 0 radical (unpaired) electrons. The lowest BCUT2D eigenvalue weighted by Crippen LogP contribution is -2.01. The predicted molar refractivity (Wildman–Crippen MR) is 88.0 cm³/mol. The van der Waals surface area contributed by atoms with Gasteiger partial charge in [0.1, 0.15) is 18.0 Å². The standard InChI is InChI=1S/C18H14O3S/c1-12(19)20-11-15-17(13-7-3-2-4-8-13)21-16-10-6-5-9-14(16)18(15)22/h2-10H,11H2,1H3. The van der Waals surface area contributed by atoms with Crippen LogP contribution in [0.1, 0.15) is 12.5 Å². The Labute approximate surface area is 133 Å². The summed E-state index contributed by atoms with van der Waals surface area (Å²) < 4.78 is 11.8. The SMILES string of the molecule is CC(=O)OCc1c(-c2ccccc2)oc2ccccc2c1=S. The van der Waals surface area contributed by atoms with Gasteiger partial charge in [0, 0.05) is 17.9 Å². The first-order chi connectivity index (χ1) is 10.7. The second-order valence-electron chi connectivity index (χ2n) is 4.88. The van der Waals surface area contributed by atoms with Crippen LogP contribution < -0.4 is 0 Å². The van der Waals surface area contributed by atoms with E-state index in [0.717, 1.165) is 22.1 Å². The lowest BCUT2D eigenvalue weighted by Gasteiger charge is -2.11. The quantitative estimate of drug-likeness (QED) is 0.510. The molecule has 0 aliphatic rings. The average molecular weight is 310 g/mol. The Kier molecular flexibility index (Phi) is 4.02. The number of rotatable bonds is 3. The third-order valence-electron chi connectivity index (χ3n) is 3.35. The molecule has 22 heavy (non-hydrogen) atoms. The van der Waals surface area contributed by atoms with Crippen LogP contribution in [-0.4, -0.2) is 5.97 Å². The number of carbonyl (C=O) groups is 1. The minimum absolute atomic E-state index is 0.104. The summed E-state index contributed by atoms with van der Waals surface area (Å²) in [6, 6.07) is 17.3. The van der Waals surface area contributed by atoms with Crippen LogP contribution in [0.25, 0.3) is 22.3 Å². The molecule has 0 amide bonds. The molecule has 110 valence electrons. The van der Waals surface area contributed by atoms with Crippen molar-refractivity contribution in [2.75, 3.05) is 0 Å². The van der Waals surface area contributed by atoms with E-state index in [-0.39, 0.29) is 12.6 Å². The fourth-order valence-electron chi connectivity index (χ4n) is 2.31. The summed E-state index contributed by atoms with van der Waals surface area (Å²) in [6.07, 6.45) is 0. The monoisotopic (exact) mass is 310 g/mol. The summed E-state index contributed by atoms with van der Waals surface area (Å²) in [6.45, 7) is 1.48. The van der Waals surface area contributed by atoms with Crippen LogP contribution in [0.5, 0.6) is 0 Å². The number of esters is 1. The Hall–Kier alpha value is -2.46. The van der Waals surface area contributed by atoms with Crippen molar-refractivity contribution < 1.29 is 13.9 Å². The van der Waals surface area contributed by atoms with Gasteiger partial charge in [-0.25, -0.2) is 0 Å². The van der Waals surface area contributed by atoms with Crippen LogP contribution in [0, 0.1) is 4.51 Å². The normalized spacial score (nSPS) is 10.6. The Balaban J connectivity index is 2.26. The second-order valence-corrected chi connectivity index (χ2v) is 5.29. The fourth-order valence-corrected chi connectivity index (χ4v) is 2.63. The summed E-state index contributed by atoms with van der Waals surface area (Å²) in [5.41, 5.74) is 2.34. The third kappa shape index (κ3) is 2.78. The van der Waals surface area contributed by atoms with Gasteiger partial charge in [0.05, 0.1) is 10.1 Å². The molecule has 0 N–H and O–H groups in total. The molecule has 0 atom stereocenters. The number of hydrogen-bond acceptors (Lipinski definition) is 4. The van der Waals surface area contributed by atoms with E-state index in [9.17, 15) is 4.79 Å². The van der Waals surface area contributed by atoms with Gasteiger partial charge >= 0.3 is 5.97 Å². The van der Waals surface area contributed by atoms with Crippen molar-refractivity contribution in [1.82, 2.24) is 0 Å².